The Morgan fingerprint density at radius 3 is 1.97 bits per heavy atom. The van der Waals surface area contributed by atoms with Gasteiger partial charge in [0.15, 0.2) is 0 Å². The van der Waals surface area contributed by atoms with Gasteiger partial charge in [-0.1, -0.05) is 29.3 Å². The van der Waals surface area contributed by atoms with Gasteiger partial charge in [0.2, 0.25) is 15.9 Å². The van der Waals surface area contributed by atoms with Gasteiger partial charge in [0.1, 0.15) is 6.04 Å². The second-order valence-corrected chi connectivity index (χ2v) is 12.2. The number of aryl methyl sites for hydroxylation is 1. The zero-order valence-electron chi connectivity index (χ0n) is 19.0. The second-order valence-electron chi connectivity index (χ2n) is 7.79. The molecule has 12 heteroatoms. The molecule has 0 aliphatic rings. The highest BCUT2D eigenvalue weighted by Crippen LogP contribution is 2.29. The van der Waals surface area contributed by atoms with Gasteiger partial charge in [0, 0.05) is 21.4 Å². The summed E-state index contributed by atoms with van der Waals surface area (Å²) in [4.78, 5) is 12.9. The first-order valence-corrected chi connectivity index (χ1v) is 14.3. The van der Waals surface area contributed by atoms with Crippen molar-refractivity contribution in [2.24, 2.45) is 0 Å². The number of amides is 1. The number of halogens is 2. The second kappa shape index (κ2) is 10.4. The number of carbonyl (C=O) groups excluding carboxylic acids is 1. The quantitative estimate of drug-likeness (QED) is 0.410. The van der Waals surface area contributed by atoms with Crippen molar-refractivity contribution in [1.82, 2.24) is 0 Å². The number of carbonyl (C=O) groups is 1. The Hall–Kier alpha value is -2.79. The summed E-state index contributed by atoms with van der Waals surface area (Å²) in [6, 6.07) is 15.3. The van der Waals surface area contributed by atoms with Crippen molar-refractivity contribution in [3.63, 3.8) is 0 Å². The first-order valence-electron chi connectivity index (χ1n) is 10.2. The van der Waals surface area contributed by atoms with Gasteiger partial charge in [-0.05, 0) is 80.1 Å². The first kappa shape index (κ1) is 26.8. The molecule has 0 saturated carbocycles. The molecule has 3 rings (SSSR count). The molecule has 1 amide bonds. The molecule has 3 aromatic carbocycles. The molecule has 0 bridgehead atoms. The molecule has 186 valence electrons. The number of nitrogens with one attached hydrogen (secondary N) is 2. The lowest BCUT2D eigenvalue weighted by atomic mass is 10.1. The minimum atomic E-state index is -3.87. The van der Waals surface area contributed by atoms with Crippen LogP contribution in [-0.4, -0.2) is 35.0 Å². The fourth-order valence-electron chi connectivity index (χ4n) is 3.30. The number of nitrogens with zero attached hydrogens (tertiary/aromatic N) is 1. The van der Waals surface area contributed by atoms with Gasteiger partial charge in [-0.2, -0.15) is 0 Å². The van der Waals surface area contributed by atoms with E-state index in [1.807, 2.05) is 0 Å². The van der Waals surface area contributed by atoms with Gasteiger partial charge in [0.05, 0.1) is 16.8 Å². The lowest BCUT2D eigenvalue weighted by Crippen LogP contribution is -2.45. The monoisotopic (exact) mass is 555 g/mol. The summed E-state index contributed by atoms with van der Waals surface area (Å²) in [7, 11) is -7.71. The third kappa shape index (κ3) is 6.66. The summed E-state index contributed by atoms with van der Waals surface area (Å²) in [5.74, 6) is -0.607. The third-order valence-corrected chi connectivity index (χ3v) is 8.14. The minimum absolute atomic E-state index is 0.0224. The van der Waals surface area contributed by atoms with Crippen LogP contribution < -0.4 is 14.3 Å². The third-order valence-electron chi connectivity index (χ3n) is 5.03. The number of benzene rings is 3. The van der Waals surface area contributed by atoms with Crippen LogP contribution in [0.15, 0.2) is 71.6 Å². The summed E-state index contributed by atoms with van der Waals surface area (Å²) >= 11 is 11.9. The van der Waals surface area contributed by atoms with Crippen LogP contribution in [0.4, 0.5) is 17.1 Å². The fourth-order valence-corrected chi connectivity index (χ4v) is 5.87. The molecule has 0 aliphatic heterocycles. The van der Waals surface area contributed by atoms with Gasteiger partial charge >= 0.3 is 0 Å². The first-order chi connectivity index (χ1) is 16.3. The number of rotatable bonds is 8. The van der Waals surface area contributed by atoms with Gasteiger partial charge in [0.25, 0.3) is 10.0 Å². The highest BCUT2D eigenvalue weighted by molar-refractivity contribution is 7.92. The molecule has 0 aliphatic carbocycles. The van der Waals surface area contributed by atoms with Gasteiger partial charge in [-0.15, -0.1) is 0 Å². The Morgan fingerprint density at radius 2 is 1.40 bits per heavy atom. The van der Waals surface area contributed by atoms with Crippen molar-refractivity contribution in [1.29, 1.82) is 0 Å². The van der Waals surface area contributed by atoms with Crippen LogP contribution in [0.2, 0.25) is 10.0 Å². The zero-order valence-corrected chi connectivity index (χ0v) is 22.1. The Labute approximate surface area is 215 Å². The largest absolute Gasteiger partial charge is 0.324 e. The Kier molecular flexibility index (Phi) is 8.00. The number of hydrogen-bond donors (Lipinski definition) is 2. The van der Waals surface area contributed by atoms with E-state index in [0.717, 1.165) is 10.6 Å². The number of sulfonamides is 2. The standard InChI is InChI=1S/C23H23Cl2N3O5S2/c1-15-4-5-18(25)14-22(15)28(34(3,30)31)16(2)23(29)26-19-10-12-21(13-11-19)35(32,33)27-20-8-6-17(24)7-9-20/h4-14,16,27H,1-3H3,(H,26,29)/t16-/m1/s1. The van der Waals surface area contributed by atoms with Crippen LogP contribution in [0.1, 0.15) is 12.5 Å². The van der Waals surface area contributed by atoms with Crippen LogP contribution in [-0.2, 0) is 24.8 Å². The molecule has 2 N–H and O–H groups in total. The van der Waals surface area contributed by atoms with E-state index in [1.54, 1.807) is 31.2 Å². The van der Waals surface area contributed by atoms with E-state index in [4.69, 9.17) is 23.2 Å². The molecule has 3 aromatic rings. The van der Waals surface area contributed by atoms with Crippen molar-refractivity contribution in [2.45, 2.75) is 24.8 Å². The summed E-state index contributed by atoms with van der Waals surface area (Å²) in [6.07, 6.45) is 1.00. The van der Waals surface area contributed by atoms with Crippen LogP contribution in [0.25, 0.3) is 0 Å². The maximum absolute atomic E-state index is 12.9. The normalized spacial score (nSPS) is 12.6. The molecule has 35 heavy (non-hydrogen) atoms. The maximum Gasteiger partial charge on any atom is 0.261 e. The summed E-state index contributed by atoms with van der Waals surface area (Å²) in [5, 5.41) is 3.43. The van der Waals surface area contributed by atoms with Crippen molar-refractivity contribution in [2.75, 3.05) is 20.6 Å². The molecule has 0 saturated heterocycles. The van der Waals surface area contributed by atoms with Gasteiger partial charge < -0.3 is 5.32 Å². The average molecular weight is 556 g/mol. The van der Waals surface area contributed by atoms with Gasteiger partial charge in [-0.3, -0.25) is 13.8 Å². The van der Waals surface area contributed by atoms with E-state index in [1.165, 1.54) is 49.4 Å². The van der Waals surface area contributed by atoms with Crippen molar-refractivity contribution in [3.05, 3.63) is 82.3 Å². The summed E-state index contributed by atoms with van der Waals surface area (Å²) in [5.41, 5.74) is 1.56. The predicted molar refractivity (Wildman–Crippen MR) is 140 cm³/mol. The zero-order chi connectivity index (χ0) is 26.0. The Balaban J connectivity index is 1.79. The van der Waals surface area contributed by atoms with Crippen LogP contribution in [0, 0.1) is 6.92 Å². The number of anilines is 3. The molecule has 0 heterocycles. The van der Waals surface area contributed by atoms with E-state index in [2.05, 4.69) is 10.0 Å². The van der Waals surface area contributed by atoms with E-state index >= 15 is 0 Å². The smallest absolute Gasteiger partial charge is 0.261 e. The average Bonchev–Trinajstić information content (AvgIpc) is 2.77. The van der Waals surface area contributed by atoms with Crippen molar-refractivity contribution in [3.8, 4) is 0 Å². The molecule has 0 radical (unpaired) electrons. The SMILES string of the molecule is Cc1ccc(Cl)cc1N([C@H](C)C(=O)Nc1ccc(S(=O)(=O)Nc2ccc(Cl)cc2)cc1)S(C)(=O)=O. The maximum atomic E-state index is 12.9. The molecular weight excluding hydrogens is 533 g/mol. The lowest BCUT2D eigenvalue weighted by molar-refractivity contribution is -0.116. The number of hydrogen-bond acceptors (Lipinski definition) is 5. The van der Waals surface area contributed by atoms with Crippen molar-refractivity contribution >= 4 is 66.2 Å². The predicted octanol–water partition coefficient (Wildman–Crippen LogP) is 4.90. The molecule has 0 fully saturated rings. The summed E-state index contributed by atoms with van der Waals surface area (Å²) < 4.78 is 53.8. The van der Waals surface area contributed by atoms with E-state index in [-0.39, 0.29) is 10.6 Å². The molecule has 0 aromatic heterocycles. The topological polar surface area (TPSA) is 113 Å². The molecule has 0 unspecified atom stereocenters. The van der Waals surface area contributed by atoms with E-state index < -0.39 is 32.0 Å². The van der Waals surface area contributed by atoms with Crippen LogP contribution >= 0.6 is 23.2 Å². The Morgan fingerprint density at radius 1 is 0.857 bits per heavy atom. The van der Waals surface area contributed by atoms with Crippen molar-refractivity contribution < 1.29 is 21.6 Å². The highest BCUT2D eigenvalue weighted by Gasteiger charge is 2.30. The lowest BCUT2D eigenvalue weighted by Gasteiger charge is -2.29. The molecule has 1 atom stereocenters. The summed E-state index contributed by atoms with van der Waals surface area (Å²) in [6.45, 7) is 3.16. The molecular formula is C23H23Cl2N3O5S2. The van der Waals surface area contributed by atoms with E-state index in [0.29, 0.717) is 27.0 Å². The minimum Gasteiger partial charge on any atom is -0.324 e. The van der Waals surface area contributed by atoms with Gasteiger partial charge in [-0.25, -0.2) is 16.8 Å². The highest BCUT2D eigenvalue weighted by atomic mass is 35.5. The fraction of sp³-hybridized carbons (Fsp3) is 0.174. The molecule has 0 spiro atoms. The van der Waals surface area contributed by atoms with Crippen LogP contribution in [0.3, 0.4) is 0 Å². The Bertz CT molecular complexity index is 1440. The van der Waals surface area contributed by atoms with Crippen LogP contribution in [0.5, 0.6) is 0 Å². The van der Waals surface area contributed by atoms with E-state index in [9.17, 15) is 21.6 Å². The molecule has 8 nitrogen and oxygen atoms in total.